The molecule has 2 atom stereocenters. The zero-order chi connectivity index (χ0) is 7.97. The largest absolute Gasteiger partial charge is 0.316 e. The number of hydrogen-bond donors (Lipinski definition) is 1. The van der Waals surface area contributed by atoms with Gasteiger partial charge < -0.3 is 5.32 Å². The van der Waals surface area contributed by atoms with Gasteiger partial charge in [0.1, 0.15) is 0 Å². The van der Waals surface area contributed by atoms with Crippen molar-refractivity contribution < 1.29 is 0 Å². The molecule has 64 valence electrons. The molecule has 0 saturated carbocycles. The van der Waals surface area contributed by atoms with Crippen LogP contribution < -0.4 is 5.32 Å². The summed E-state index contributed by atoms with van der Waals surface area (Å²) >= 11 is 1.59. The summed E-state index contributed by atoms with van der Waals surface area (Å²) in [7, 11) is 0. The van der Waals surface area contributed by atoms with E-state index in [9.17, 15) is 0 Å². The molecule has 2 bridgehead atoms. The standard InChI is InChI=1S/C8H11N3S/c1-5-2-7-8(12-11-10-7)6(1)4-9-3-5/h5-6,9H,1-4H2. The van der Waals surface area contributed by atoms with Crippen molar-refractivity contribution in [2.24, 2.45) is 5.92 Å². The molecule has 12 heavy (non-hydrogen) atoms. The molecule has 4 heteroatoms. The third kappa shape index (κ3) is 0.912. The Hall–Kier alpha value is -0.480. The molecule has 1 fully saturated rings. The molecule has 0 aromatic carbocycles. The summed E-state index contributed by atoms with van der Waals surface area (Å²) in [6.07, 6.45) is 2.50. The fourth-order valence-corrected chi connectivity index (χ4v) is 3.11. The SMILES string of the molecule is C1NCC2CC1Cc1nnsc12. The highest BCUT2D eigenvalue weighted by atomic mass is 32.1. The first-order valence-corrected chi connectivity index (χ1v) is 5.22. The summed E-state index contributed by atoms with van der Waals surface area (Å²) in [6.45, 7) is 2.31. The third-order valence-electron chi connectivity index (χ3n) is 2.88. The van der Waals surface area contributed by atoms with E-state index >= 15 is 0 Å². The molecule has 1 aliphatic heterocycles. The van der Waals surface area contributed by atoms with Gasteiger partial charge in [0, 0.05) is 12.5 Å². The number of aromatic nitrogens is 2. The number of nitrogens with one attached hydrogen (secondary N) is 1. The average Bonchev–Trinajstić information content (AvgIpc) is 2.53. The van der Waals surface area contributed by atoms with Gasteiger partial charge in [-0.2, -0.15) is 0 Å². The quantitative estimate of drug-likeness (QED) is 0.643. The van der Waals surface area contributed by atoms with Gasteiger partial charge in [0.2, 0.25) is 0 Å². The third-order valence-corrected chi connectivity index (χ3v) is 3.81. The van der Waals surface area contributed by atoms with Gasteiger partial charge in [-0.1, -0.05) is 4.49 Å². The van der Waals surface area contributed by atoms with Crippen molar-refractivity contribution in [3.8, 4) is 0 Å². The first-order chi connectivity index (χ1) is 5.93. The minimum absolute atomic E-state index is 0.715. The molecule has 0 spiro atoms. The van der Waals surface area contributed by atoms with E-state index in [-0.39, 0.29) is 0 Å². The smallest absolute Gasteiger partial charge is 0.0794 e. The molecule has 1 N–H and O–H groups in total. The lowest BCUT2D eigenvalue weighted by atomic mass is 9.81. The van der Waals surface area contributed by atoms with Gasteiger partial charge in [0.05, 0.1) is 10.6 Å². The summed E-state index contributed by atoms with van der Waals surface area (Å²) in [5.41, 5.74) is 1.28. The van der Waals surface area contributed by atoms with Crippen molar-refractivity contribution in [2.45, 2.75) is 18.8 Å². The highest BCUT2D eigenvalue weighted by Crippen LogP contribution is 2.37. The second-order valence-electron chi connectivity index (χ2n) is 3.74. The van der Waals surface area contributed by atoms with Crippen molar-refractivity contribution >= 4 is 11.5 Å². The number of nitrogens with zero attached hydrogens (tertiary/aromatic N) is 2. The minimum Gasteiger partial charge on any atom is -0.316 e. The predicted molar refractivity (Wildman–Crippen MR) is 47.3 cm³/mol. The van der Waals surface area contributed by atoms with Crippen LogP contribution in [0.1, 0.15) is 22.9 Å². The number of hydrogen-bond acceptors (Lipinski definition) is 4. The van der Waals surface area contributed by atoms with E-state index in [2.05, 4.69) is 14.9 Å². The maximum atomic E-state index is 4.18. The maximum Gasteiger partial charge on any atom is 0.0794 e. The lowest BCUT2D eigenvalue weighted by Gasteiger charge is -2.33. The summed E-state index contributed by atoms with van der Waals surface area (Å²) in [6, 6.07) is 0. The van der Waals surface area contributed by atoms with Gasteiger partial charge in [0.15, 0.2) is 0 Å². The summed E-state index contributed by atoms with van der Waals surface area (Å²) < 4.78 is 4.03. The lowest BCUT2D eigenvalue weighted by Crippen LogP contribution is -2.38. The van der Waals surface area contributed by atoms with Crippen LogP contribution in [0.4, 0.5) is 0 Å². The molecule has 0 radical (unpaired) electrons. The second kappa shape index (κ2) is 2.50. The fourth-order valence-electron chi connectivity index (χ4n) is 2.33. The molecule has 1 aromatic rings. The topological polar surface area (TPSA) is 37.8 Å². The van der Waals surface area contributed by atoms with Crippen LogP contribution in [0, 0.1) is 5.92 Å². The van der Waals surface area contributed by atoms with E-state index in [0.29, 0.717) is 5.92 Å². The monoisotopic (exact) mass is 181 g/mol. The van der Waals surface area contributed by atoms with Gasteiger partial charge >= 0.3 is 0 Å². The van der Waals surface area contributed by atoms with Crippen LogP contribution in [0.15, 0.2) is 0 Å². The summed E-state index contributed by atoms with van der Waals surface area (Å²) in [5, 5.41) is 7.65. The van der Waals surface area contributed by atoms with Crippen LogP contribution in [0.2, 0.25) is 0 Å². The lowest BCUT2D eigenvalue weighted by molar-refractivity contribution is 0.319. The molecular formula is C8H11N3S. The Balaban J connectivity index is 2.04. The maximum absolute atomic E-state index is 4.18. The molecule has 2 unspecified atom stereocenters. The van der Waals surface area contributed by atoms with Gasteiger partial charge in [0.25, 0.3) is 0 Å². The molecule has 3 nitrogen and oxygen atoms in total. The van der Waals surface area contributed by atoms with Crippen LogP contribution in [-0.4, -0.2) is 22.7 Å². The Morgan fingerprint density at radius 3 is 3.42 bits per heavy atom. The molecule has 1 aromatic heterocycles. The summed E-state index contributed by atoms with van der Waals surface area (Å²) in [4.78, 5) is 1.44. The second-order valence-corrected chi connectivity index (χ2v) is 4.53. The Morgan fingerprint density at radius 2 is 2.42 bits per heavy atom. The Labute approximate surface area is 75.3 Å². The first kappa shape index (κ1) is 6.97. The Kier molecular flexibility index (Phi) is 1.45. The van der Waals surface area contributed by atoms with Gasteiger partial charge in [-0.05, 0) is 36.8 Å². The average molecular weight is 181 g/mol. The van der Waals surface area contributed by atoms with E-state index in [1.165, 1.54) is 23.5 Å². The highest BCUT2D eigenvalue weighted by molar-refractivity contribution is 7.05. The Bertz CT molecular complexity index is 296. The zero-order valence-electron chi connectivity index (χ0n) is 6.79. The Morgan fingerprint density at radius 1 is 1.42 bits per heavy atom. The van der Waals surface area contributed by atoms with Crippen molar-refractivity contribution in [1.29, 1.82) is 0 Å². The van der Waals surface area contributed by atoms with Gasteiger partial charge in [-0.25, -0.2) is 0 Å². The van der Waals surface area contributed by atoms with Crippen LogP contribution in [0.5, 0.6) is 0 Å². The van der Waals surface area contributed by atoms with Gasteiger partial charge in [-0.15, -0.1) is 5.10 Å². The van der Waals surface area contributed by atoms with E-state index < -0.39 is 0 Å². The minimum atomic E-state index is 0.715. The number of fused-ring (bicyclic) bond motifs is 4. The van der Waals surface area contributed by atoms with E-state index in [1.54, 1.807) is 11.5 Å². The number of rotatable bonds is 0. The molecule has 1 saturated heterocycles. The number of piperidine rings is 1. The zero-order valence-corrected chi connectivity index (χ0v) is 7.60. The van der Waals surface area contributed by atoms with Crippen molar-refractivity contribution in [2.75, 3.05) is 13.1 Å². The van der Waals surface area contributed by atoms with Crippen LogP contribution in [0.25, 0.3) is 0 Å². The summed E-state index contributed by atoms with van der Waals surface area (Å²) in [5.74, 6) is 1.53. The van der Waals surface area contributed by atoms with E-state index in [4.69, 9.17) is 0 Å². The molecule has 3 rings (SSSR count). The van der Waals surface area contributed by atoms with Crippen molar-refractivity contribution in [3.05, 3.63) is 10.6 Å². The van der Waals surface area contributed by atoms with Crippen molar-refractivity contribution in [3.63, 3.8) is 0 Å². The van der Waals surface area contributed by atoms with E-state index in [0.717, 1.165) is 18.9 Å². The van der Waals surface area contributed by atoms with Crippen LogP contribution in [0.3, 0.4) is 0 Å². The predicted octanol–water partition coefficient (Wildman–Crippen LogP) is 0.787. The fraction of sp³-hybridized carbons (Fsp3) is 0.750. The normalized spacial score (nSPS) is 33.0. The highest BCUT2D eigenvalue weighted by Gasteiger charge is 2.32. The first-order valence-electron chi connectivity index (χ1n) is 4.45. The molecule has 2 aliphatic rings. The molecule has 1 aliphatic carbocycles. The van der Waals surface area contributed by atoms with Crippen LogP contribution in [-0.2, 0) is 6.42 Å². The van der Waals surface area contributed by atoms with Gasteiger partial charge in [-0.3, -0.25) is 0 Å². The molecular weight excluding hydrogens is 170 g/mol. The van der Waals surface area contributed by atoms with Crippen molar-refractivity contribution in [1.82, 2.24) is 14.9 Å². The molecule has 2 heterocycles. The molecule has 0 amide bonds. The van der Waals surface area contributed by atoms with E-state index in [1.807, 2.05) is 0 Å². The van der Waals surface area contributed by atoms with Crippen LogP contribution >= 0.6 is 11.5 Å².